The molecule has 12 heavy (non-hydrogen) atoms. The van der Waals surface area contributed by atoms with E-state index in [0.29, 0.717) is 6.42 Å². The molecule has 0 aliphatic heterocycles. The quantitative estimate of drug-likeness (QED) is 0.716. The molecule has 3 heteroatoms. The van der Waals surface area contributed by atoms with Gasteiger partial charge in [-0.2, -0.15) is 5.26 Å². The second-order valence-electron chi connectivity index (χ2n) is 2.69. The molecule has 0 unspecified atom stereocenters. The summed E-state index contributed by atoms with van der Waals surface area (Å²) in [5.41, 5.74) is 1.13. The van der Waals surface area contributed by atoms with Crippen molar-refractivity contribution in [3.63, 3.8) is 0 Å². The molecule has 2 nitrogen and oxygen atoms in total. The monoisotopic (exact) mass is 180 g/mol. The number of nitrogens with zero attached hydrogens (tertiary/aromatic N) is 2. The summed E-state index contributed by atoms with van der Waals surface area (Å²) in [7, 11) is 0. The Bertz CT molecular complexity index is 296. The first-order valence-electron chi connectivity index (χ1n) is 4.10. The minimum absolute atomic E-state index is 0.515. The fourth-order valence-electron chi connectivity index (χ4n) is 1.15. The lowest BCUT2D eigenvalue weighted by Crippen LogP contribution is -1.88. The fourth-order valence-corrected chi connectivity index (χ4v) is 2.07. The van der Waals surface area contributed by atoms with E-state index in [2.05, 4.69) is 18.0 Å². The highest BCUT2D eigenvalue weighted by Crippen LogP contribution is 2.19. The van der Waals surface area contributed by atoms with Gasteiger partial charge in [0, 0.05) is 4.88 Å². The summed E-state index contributed by atoms with van der Waals surface area (Å²) in [6, 6.07) is 2.17. The number of hydrogen-bond acceptors (Lipinski definition) is 3. The van der Waals surface area contributed by atoms with E-state index >= 15 is 0 Å². The average Bonchev–Trinajstić information content (AvgIpc) is 2.33. The molecule has 1 aromatic heterocycles. The molecule has 0 aliphatic carbocycles. The lowest BCUT2D eigenvalue weighted by atomic mass is 10.2. The summed E-state index contributed by atoms with van der Waals surface area (Å²) in [6.07, 6.45) is 2.61. The largest absolute Gasteiger partial charge is 0.246 e. The van der Waals surface area contributed by atoms with Crippen LogP contribution in [0.1, 0.15) is 28.9 Å². The predicted octanol–water partition coefficient (Wildman–Crippen LogP) is 2.47. The first-order valence-corrected chi connectivity index (χ1v) is 4.91. The van der Waals surface area contributed by atoms with Crippen LogP contribution in [0.2, 0.25) is 0 Å². The maximum Gasteiger partial charge on any atom is 0.0900 e. The third kappa shape index (κ3) is 2.05. The Morgan fingerprint density at radius 2 is 2.33 bits per heavy atom. The summed E-state index contributed by atoms with van der Waals surface area (Å²) in [5.74, 6) is 0. The molecule has 1 heterocycles. The van der Waals surface area contributed by atoms with E-state index < -0.39 is 0 Å². The van der Waals surface area contributed by atoms with Gasteiger partial charge in [-0.3, -0.25) is 0 Å². The van der Waals surface area contributed by atoms with Crippen molar-refractivity contribution in [1.82, 2.24) is 4.98 Å². The van der Waals surface area contributed by atoms with E-state index in [-0.39, 0.29) is 0 Å². The van der Waals surface area contributed by atoms with Crippen molar-refractivity contribution < 1.29 is 0 Å². The SMILES string of the molecule is CCCc1nc(C)sc1CC#N. The summed E-state index contributed by atoms with van der Waals surface area (Å²) in [4.78, 5) is 5.54. The lowest BCUT2D eigenvalue weighted by Gasteiger charge is -1.93. The van der Waals surface area contributed by atoms with Crippen molar-refractivity contribution in [2.75, 3.05) is 0 Å². The zero-order valence-electron chi connectivity index (χ0n) is 7.42. The van der Waals surface area contributed by atoms with Gasteiger partial charge in [0.05, 0.1) is 23.2 Å². The molecule has 0 aromatic carbocycles. The normalized spacial score (nSPS) is 9.75. The molecular formula is C9H12N2S. The Labute approximate surface area is 76.9 Å². The Kier molecular flexibility index (Phi) is 3.24. The van der Waals surface area contributed by atoms with Gasteiger partial charge in [-0.25, -0.2) is 4.98 Å². The minimum atomic E-state index is 0.515. The van der Waals surface area contributed by atoms with Gasteiger partial charge in [0.25, 0.3) is 0 Å². The van der Waals surface area contributed by atoms with E-state index in [9.17, 15) is 0 Å². The molecule has 64 valence electrons. The molecule has 0 aliphatic rings. The van der Waals surface area contributed by atoms with Gasteiger partial charge in [-0.1, -0.05) is 13.3 Å². The number of nitriles is 1. The number of aryl methyl sites for hydroxylation is 2. The second-order valence-corrected chi connectivity index (χ2v) is 3.98. The lowest BCUT2D eigenvalue weighted by molar-refractivity contribution is 0.876. The molecule has 0 atom stereocenters. The summed E-state index contributed by atoms with van der Waals surface area (Å²) in [5, 5.41) is 9.62. The van der Waals surface area contributed by atoms with E-state index in [1.54, 1.807) is 11.3 Å². The highest BCUT2D eigenvalue weighted by molar-refractivity contribution is 7.11. The maximum atomic E-state index is 8.55. The zero-order chi connectivity index (χ0) is 8.97. The maximum absolute atomic E-state index is 8.55. The standard InChI is InChI=1S/C9H12N2S/c1-3-4-8-9(5-6-10)12-7(2)11-8/h3-5H2,1-2H3. The third-order valence-corrected chi connectivity index (χ3v) is 2.62. The van der Waals surface area contributed by atoms with Gasteiger partial charge < -0.3 is 0 Å². The first kappa shape index (κ1) is 9.21. The zero-order valence-corrected chi connectivity index (χ0v) is 8.24. The fraction of sp³-hybridized carbons (Fsp3) is 0.556. The van der Waals surface area contributed by atoms with Crippen LogP contribution in [0.15, 0.2) is 0 Å². The Morgan fingerprint density at radius 3 is 2.92 bits per heavy atom. The van der Waals surface area contributed by atoms with E-state index in [0.717, 1.165) is 28.4 Å². The topological polar surface area (TPSA) is 36.7 Å². The molecule has 0 amide bonds. The van der Waals surface area contributed by atoms with Crippen molar-refractivity contribution in [1.29, 1.82) is 5.26 Å². The van der Waals surface area contributed by atoms with Crippen LogP contribution in [0.4, 0.5) is 0 Å². The van der Waals surface area contributed by atoms with Gasteiger partial charge in [-0.05, 0) is 13.3 Å². The smallest absolute Gasteiger partial charge is 0.0900 e. The van der Waals surface area contributed by atoms with Crippen LogP contribution in [0.3, 0.4) is 0 Å². The van der Waals surface area contributed by atoms with Gasteiger partial charge in [0.15, 0.2) is 0 Å². The third-order valence-electron chi connectivity index (χ3n) is 1.61. The van der Waals surface area contributed by atoms with Crippen LogP contribution in [0.5, 0.6) is 0 Å². The van der Waals surface area contributed by atoms with Crippen molar-refractivity contribution >= 4 is 11.3 Å². The van der Waals surface area contributed by atoms with Gasteiger partial charge in [0.1, 0.15) is 0 Å². The van der Waals surface area contributed by atoms with Crippen molar-refractivity contribution in [2.24, 2.45) is 0 Å². The molecule has 0 saturated carbocycles. The average molecular weight is 180 g/mol. The Morgan fingerprint density at radius 1 is 1.58 bits per heavy atom. The Hall–Kier alpha value is -0.880. The number of rotatable bonds is 3. The molecule has 0 saturated heterocycles. The summed E-state index contributed by atoms with van der Waals surface area (Å²) < 4.78 is 0. The van der Waals surface area contributed by atoms with Crippen LogP contribution in [-0.2, 0) is 12.8 Å². The van der Waals surface area contributed by atoms with Crippen molar-refractivity contribution in [3.05, 3.63) is 15.6 Å². The van der Waals surface area contributed by atoms with Crippen molar-refractivity contribution in [2.45, 2.75) is 33.1 Å². The molecule has 0 bridgehead atoms. The van der Waals surface area contributed by atoms with Crippen LogP contribution >= 0.6 is 11.3 Å². The highest BCUT2D eigenvalue weighted by atomic mass is 32.1. The molecule has 1 aromatic rings. The minimum Gasteiger partial charge on any atom is -0.246 e. The Balaban J connectivity index is 2.85. The number of aromatic nitrogens is 1. The van der Waals surface area contributed by atoms with Crippen molar-refractivity contribution in [3.8, 4) is 6.07 Å². The molecule has 0 fully saturated rings. The predicted molar refractivity (Wildman–Crippen MR) is 50.2 cm³/mol. The highest BCUT2D eigenvalue weighted by Gasteiger charge is 2.06. The van der Waals surface area contributed by atoms with Crippen LogP contribution in [0, 0.1) is 18.3 Å². The number of thiazole rings is 1. The molecule has 0 N–H and O–H groups in total. The summed E-state index contributed by atoms with van der Waals surface area (Å²) in [6.45, 7) is 4.12. The van der Waals surface area contributed by atoms with Crippen LogP contribution < -0.4 is 0 Å². The van der Waals surface area contributed by atoms with E-state index in [4.69, 9.17) is 5.26 Å². The molecule has 0 radical (unpaired) electrons. The van der Waals surface area contributed by atoms with Gasteiger partial charge in [-0.15, -0.1) is 11.3 Å². The molecular weight excluding hydrogens is 168 g/mol. The molecule has 0 spiro atoms. The molecule has 1 rings (SSSR count). The second kappa shape index (κ2) is 4.22. The van der Waals surface area contributed by atoms with Crippen LogP contribution in [-0.4, -0.2) is 4.98 Å². The first-order chi connectivity index (χ1) is 5.77. The van der Waals surface area contributed by atoms with E-state index in [1.807, 2.05) is 6.92 Å². The summed E-state index contributed by atoms with van der Waals surface area (Å²) >= 11 is 1.65. The van der Waals surface area contributed by atoms with Gasteiger partial charge >= 0.3 is 0 Å². The van der Waals surface area contributed by atoms with E-state index in [1.165, 1.54) is 0 Å². The number of hydrogen-bond donors (Lipinski definition) is 0. The van der Waals surface area contributed by atoms with Gasteiger partial charge in [0.2, 0.25) is 0 Å². The van der Waals surface area contributed by atoms with Crippen LogP contribution in [0.25, 0.3) is 0 Å².